The van der Waals surface area contributed by atoms with Gasteiger partial charge in [0, 0.05) is 58.7 Å². The molecule has 12 amide bonds. The number of likely N-dealkylation sites (tertiary alicyclic amines) is 7. The number of rotatable bonds is 23. The lowest BCUT2D eigenvalue weighted by molar-refractivity contribution is -0.154. The molecule has 0 aliphatic carbocycles. The topological polar surface area (TPSA) is 365 Å². The number of aliphatic carboxylic acids is 1. The van der Waals surface area contributed by atoms with Gasteiger partial charge in [-0.2, -0.15) is 0 Å². The molecule has 7 aliphatic rings. The Hall–Kier alpha value is -7.71. The van der Waals surface area contributed by atoms with Gasteiger partial charge in [-0.05, 0) is 108 Å². The van der Waals surface area contributed by atoms with Crippen LogP contribution in [0.3, 0.4) is 0 Å². The van der Waals surface area contributed by atoms with Crippen LogP contribution in [0.1, 0.15) is 129 Å². The monoisotopic (exact) mass is 1200 g/mol. The van der Waals surface area contributed by atoms with Crippen molar-refractivity contribution in [2.24, 2.45) is 17.4 Å². The molecule has 7 saturated heterocycles. The number of amides is 12. The fraction of sp³-hybridized carbons (Fsp3) is 0.678. The van der Waals surface area contributed by atoms with Gasteiger partial charge in [0.1, 0.15) is 60.4 Å². The second-order valence-electron chi connectivity index (χ2n) is 23.9. The third kappa shape index (κ3) is 14.6. The van der Waals surface area contributed by atoms with Gasteiger partial charge in [0.05, 0.1) is 13.1 Å². The lowest BCUT2D eigenvalue weighted by Gasteiger charge is -2.37. The number of hydrogen-bond acceptors (Lipinski definition) is 14. The number of carboxylic acid groups (broad SMARTS) is 1. The predicted molar refractivity (Wildman–Crippen MR) is 307 cm³/mol. The third-order valence-electron chi connectivity index (χ3n) is 18.4. The highest BCUT2D eigenvalue weighted by molar-refractivity contribution is 6.00. The van der Waals surface area contributed by atoms with Crippen LogP contribution in [0.25, 0.3) is 0 Å². The quantitative estimate of drug-likeness (QED) is 0.0629. The summed E-state index contributed by atoms with van der Waals surface area (Å²) >= 11 is 0. The Kier molecular flexibility index (Phi) is 21.8. The van der Waals surface area contributed by atoms with Crippen LogP contribution < -0.4 is 32.7 Å². The molecule has 0 unspecified atom stereocenters. The Labute approximate surface area is 500 Å². The van der Waals surface area contributed by atoms with Crippen molar-refractivity contribution in [2.45, 2.75) is 190 Å². The molecule has 7 aliphatic heterocycles. The first-order valence-electron chi connectivity index (χ1n) is 30.8. The van der Waals surface area contributed by atoms with Crippen molar-refractivity contribution in [3.8, 4) is 0 Å². The lowest BCUT2D eigenvalue weighted by atomic mass is 9.97. The molecular weight excluding hydrogens is 1110 g/mol. The van der Waals surface area contributed by atoms with Crippen LogP contribution in [0.5, 0.6) is 0 Å². The van der Waals surface area contributed by atoms with E-state index < -0.39 is 144 Å². The summed E-state index contributed by atoms with van der Waals surface area (Å²) in [6, 6.07) is -1.25. The second kappa shape index (κ2) is 29.1. The van der Waals surface area contributed by atoms with E-state index in [0.29, 0.717) is 90.0 Å². The molecule has 1 aromatic rings. The number of nitrogens with zero attached hydrogens (tertiary/aromatic N) is 7. The minimum absolute atomic E-state index is 0.0468. The maximum absolute atomic E-state index is 14.9. The molecule has 86 heavy (non-hydrogen) atoms. The molecule has 0 saturated carbocycles. The van der Waals surface area contributed by atoms with Crippen molar-refractivity contribution in [1.29, 1.82) is 0 Å². The highest BCUT2D eigenvalue weighted by atomic mass is 16.4. The molecule has 7 fully saturated rings. The first kappa shape index (κ1) is 64.3. The van der Waals surface area contributed by atoms with Crippen LogP contribution in [0, 0.1) is 5.92 Å². The summed E-state index contributed by atoms with van der Waals surface area (Å²) in [5, 5.41) is 20.7. The van der Waals surface area contributed by atoms with E-state index in [9.17, 15) is 67.4 Å². The maximum Gasteiger partial charge on any atom is 0.326 e. The number of primary amides is 1. The van der Waals surface area contributed by atoms with E-state index in [1.165, 1.54) is 34.3 Å². The smallest absolute Gasteiger partial charge is 0.326 e. The van der Waals surface area contributed by atoms with E-state index >= 15 is 0 Å². The van der Waals surface area contributed by atoms with Gasteiger partial charge in [0.25, 0.3) is 0 Å². The number of hydrogen-bond donors (Lipinski definition) is 7. The molecule has 11 atom stereocenters. The number of carbonyl (C=O) groups excluding carboxylic acids is 12. The summed E-state index contributed by atoms with van der Waals surface area (Å²) < 4.78 is 0. The molecule has 0 radical (unpaired) electrons. The largest absolute Gasteiger partial charge is 0.480 e. The SMILES string of the molecule is CC[C@H](C)[C@H](NC(=O)CNC(=O)[C@@H]1CCCN1C(=O)CN)C(=O)N[C@@H](Cc1ccccc1)C(=O)N1CCC[C@H]1C(=O)N1CCC[C@H]1C(=O)N1CCC[C@H]1C(=O)N1CCC[C@H]1C(=O)N1CCC[C@H]1C(=O)N[C@@H](CCC(N)=O)C(=O)N1CCC[C@H]1C(=O)O. The average molecular weight is 1200 g/mol. The number of carbonyl (C=O) groups is 13. The predicted octanol–water partition coefficient (Wildman–Crippen LogP) is -1.91. The molecule has 0 bridgehead atoms. The highest BCUT2D eigenvalue weighted by Gasteiger charge is 2.50. The summed E-state index contributed by atoms with van der Waals surface area (Å²) in [5.74, 6) is -8.09. The van der Waals surface area contributed by atoms with Crippen molar-refractivity contribution in [3.05, 3.63) is 35.9 Å². The number of benzene rings is 1. The zero-order valence-corrected chi connectivity index (χ0v) is 49.4. The van der Waals surface area contributed by atoms with Gasteiger partial charge < -0.3 is 72.1 Å². The van der Waals surface area contributed by atoms with Crippen molar-refractivity contribution in [2.75, 3.05) is 58.9 Å². The number of nitrogens with one attached hydrogen (secondary N) is 4. The van der Waals surface area contributed by atoms with E-state index in [2.05, 4.69) is 21.3 Å². The molecule has 9 N–H and O–H groups in total. The summed E-state index contributed by atoms with van der Waals surface area (Å²) in [7, 11) is 0. The first-order chi connectivity index (χ1) is 41.2. The normalized spacial score (nSPS) is 25.2. The number of nitrogens with two attached hydrogens (primary N) is 2. The van der Waals surface area contributed by atoms with E-state index in [1.54, 1.807) is 19.1 Å². The van der Waals surface area contributed by atoms with Gasteiger partial charge in [0.15, 0.2) is 0 Å². The Morgan fingerprint density at radius 3 is 1.43 bits per heavy atom. The molecule has 27 heteroatoms. The summed E-state index contributed by atoms with van der Waals surface area (Å²) in [6.45, 7) is 4.47. The van der Waals surface area contributed by atoms with Crippen molar-refractivity contribution in [1.82, 2.24) is 55.6 Å². The molecule has 1 aromatic carbocycles. The van der Waals surface area contributed by atoms with E-state index in [1.807, 2.05) is 25.1 Å². The Morgan fingerprint density at radius 1 is 0.535 bits per heavy atom. The molecular formula is C59H85N13O14. The summed E-state index contributed by atoms with van der Waals surface area (Å²) in [4.78, 5) is 188. The average Bonchev–Trinajstić information content (AvgIpc) is 3.45. The van der Waals surface area contributed by atoms with Crippen LogP contribution in [0.4, 0.5) is 0 Å². The van der Waals surface area contributed by atoms with Gasteiger partial charge in [-0.15, -0.1) is 0 Å². The van der Waals surface area contributed by atoms with E-state index in [-0.39, 0.29) is 83.8 Å². The zero-order valence-electron chi connectivity index (χ0n) is 49.4. The molecule has 8 rings (SSSR count). The fourth-order valence-electron chi connectivity index (χ4n) is 13.7. The van der Waals surface area contributed by atoms with Crippen LogP contribution in [0.2, 0.25) is 0 Å². The Balaban J connectivity index is 0.908. The lowest BCUT2D eigenvalue weighted by Crippen LogP contribution is -2.60. The maximum atomic E-state index is 14.9. The second-order valence-corrected chi connectivity index (χ2v) is 23.9. The van der Waals surface area contributed by atoms with Crippen molar-refractivity contribution < 1.29 is 67.4 Å². The van der Waals surface area contributed by atoms with Gasteiger partial charge in [-0.3, -0.25) is 57.5 Å². The number of carboxylic acids is 1. The molecule has 27 nitrogen and oxygen atoms in total. The molecule has 0 aromatic heterocycles. The zero-order chi connectivity index (χ0) is 61.9. The first-order valence-corrected chi connectivity index (χ1v) is 30.8. The van der Waals surface area contributed by atoms with E-state index in [4.69, 9.17) is 11.5 Å². The summed E-state index contributed by atoms with van der Waals surface area (Å²) in [5.41, 5.74) is 11.7. The fourth-order valence-corrected chi connectivity index (χ4v) is 13.7. The van der Waals surface area contributed by atoms with Gasteiger partial charge in [-0.1, -0.05) is 50.6 Å². The van der Waals surface area contributed by atoms with Crippen LogP contribution in [-0.2, 0) is 68.7 Å². The molecule has 7 heterocycles. The van der Waals surface area contributed by atoms with Crippen molar-refractivity contribution >= 4 is 76.9 Å². The Morgan fingerprint density at radius 2 is 0.953 bits per heavy atom. The highest BCUT2D eigenvalue weighted by Crippen LogP contribution is 2.33. The molecule has 470 valence electrons. The Bertz CT molecular complexity index is 2750. The molecule has 0 spiro atoms. The van der Waals surface area contributed by atoms with Gasteiger partial charge >= 0.3 is 5.97 Å². The van der Waals surface area contributed by atoms with Crippen LogP contribution in [-0.4, -0.2) is 236 Å². The third-order valence-corrected chi connectivity index (χ3v) is 18.4. The minimum atomic E-state index is -1.27. The van der Waals surface area contributed by atoms with E-state index in [0.717, 1.165) is 5.56 Å². The summed E-state index contributed by atoms with van der Waals surface area (Å²) in [6.07, 6.45) is 5.59. The minimum Gasteiger partial charge on any atom is -0.480 e. The van der Waals surface area contributed by atoms with Crippen molar-refractivity contribution in [3.63, 3.8) is 0 Å². The van der Waals surface area contributed by atoms with Gasteiger partial charge in [-0.25, -0.2) is 4.79 Å². The standard InChI is InChI=1S/C59H85N13O14/c1-3-35(2)49(65-47(74)34-62-50(76)39-16-7-25-66(39)48(75)33-60)52(78)64-38(32-36-14-5-4-6-15-36)54(80)68-27-9-18-41(68)56(82)70-29-11-20-43(70)58(84)71-30-12-21-44(71)57(83)69-28-10-19-42(69)55(81)67-26-8-17-40(67)51(77)63-37(23-24-46(61)73)53(79)72-31-13-22-45(72)59(85)86/h4-6,14-15,35,37-45,49H,3,7-13,16-34,60H2,1-2H3,(H2,61,73)(H,62,76)(H,63,77)(H,64,78)(H,65,74)(H,85,86)/t35-,37-,38-,39-,40-,41-,42-,43-,44-,45-,49-/m0/s1. The van der Waals surface area contributed by atoms with Crippen LogP contribution in [0.15, 0.2) is 30.3 Å². The van der Waals surface area contributed by atoms with Crippen LogP contribution >= 0.6 is 0 Å². The van der Waals surface area contributed by atoms with Gasteiger partial charge in [0.2, 0.25) is 70.9 Å².